The number of halogens is 1. The number of thiophene rings is 1. The van der Waals surface area contributed by atoms with Crippen molar-refractivity contribution in [1.29, 1.82) is 0 Å². The number of hydrogen-bond acceptors (Lipinski definition) is 3. The van der Waals surface area contributed by atoms with E-state index in [9.17, 15) is 0 Å². The molecule has 1 heterocycles. The molecular formula is C19H29IN4S. The van der Waals surface area contributed by atoms with Crippen molar-refractivity contribution in [2.45, 2.75) is 25.8 Å². The van der Waals surface area contributed by atoms with Gasteiger partial charge in [-0.1, -0.05) is 32.0 Å². The first kappa shape index (κ1) is 21.8. The normalized spacial score (nSPS) is 11.6. The number of hydrogen-bond donors (Lipinski definition) is 2. The van der Waals surface area contributed by atoms with Crippen molar-refractivity contribution < 1.29 is 0 Å². The Balaban J connectivity index is 0.00000312. The Labute approximate surface area is 172 Å². The maximum atomic E-state index is 4.33. The molecule has 4 nitrogen and oxygen atoms in total. The van der Waals surface area contributed by atoms with Crippen LogP contribution >= 0.6 is 35.3 Å². The molecule has 0 saturated heterocycles. The molecule has 2 aromatic rings. The van der Waals surface area contributed by atoms with Crippen LogP contribution in [0.4, 0.5) is 5.69 Å². The second-order valence-corrected chi connectivity index (χ2v) is 7.65. The van der Waals surface area contributed by atoms with Crippen LogP contribution in [0.3, 0.4) is 0 Å². The summed E-state index contributed by atoms with van der Waals surface area (Å²) in [6.45, 7) is 6.09. The minimum Gasteiger partial charge on any atom is -0.378 e. The summed E-state index contributed by atoms with van der Waals surface area (Å²) in [5.74, 6) is 0.829. The third-order valence-electron chi connectivity index (χ3n) is 4.00. The number of rotatable bonds is 6. The predicted molar refractivity (Wildman–Crippen MR) is 122 cm³/mol. The summed E-state index contributed by atoms with van der Waals surface area (Å²) in [4.78, 5) is 7.82. The molecule has 2 rings (SSSR count). The highest BCUT2D eigenvalue weighted by Gasteiger charge is 2.21. The van der Waals surface area contributed by atoms with E-state index in [-0.39, 0.29) is 29.4 Å². The van der Waals surface area contributed by atoms with Crippen molar-refractivity contribution in [2.75, 3.05) is 32.6 Å². The zero-order valence-electron chi connectivity index (χ0n) is 15.7. The van der Waals surface area contributed by atoms with E-state index in [0.717, 1.165) is 19.0 Å². The van der Waals surface area contributed by atoms with Crippen LogP contribution in [-0.2, 0) is 12.0 Å². The molecule has 2 N–H and O–H groups in total. The third kappa shape index (κ3) is 6.51. The minimum absolute atomic E-state index is 0. The third-order valence-corrected chi connectivity index (χ3v) is 5.23. The lowest BCUT2D eigenvalue weighted by molar-refractivity contribution is 0.518. The van der Waals surface area contributed by atoms with Gasteiger partial charge in [-0.05, 0) is 29.1 Å². The van der Waals surface area contributed by atoms with Crippen LogP contribution in [0.2, 0.25) is 0 Å². The molecule has 0 atom stereocenters. The maximum absolute atomic E-state index is 4.33. The molecule has 0 saturated carbocycles. The molecule has 138 valence electrons. The number of guanidine groups is 1. The molecule has 25 heavy (non-hydrogen) atoms. The van der Waals surface area contributed by atoms with Crippen molar-refractivity contribution >= 4 is 47.0 Å². The van der Waals surface area contributed by atoms with Gasteiger partial charge in [-0.2, -0.15) is 0 Å². The van der Waals surface area contributed by atoms with Crippen LogP contribution in [0, 0.1) is 0 Å². The topological polar surface area (TPSA) is 39.7 Å². The predicted octanol–water partition coefficient (Wildman–Crippen LogP) is 4.07. The van der Waals surface area contributed by atoms with Crippen LogP contribution in [0.15, 0.2) is 46.8 Å². The molecule has 0 aliphatic heterocycles. The van der Waals surface area contributed by atoms with E-state index in [4.69, 9.17) is 0 Å². The fourth-order valence-electron chi connectivity index (χ4n) is 2.41. The van der Waals surface area contributed by atoms with Gasteiger partial charge in [-0.15, -0.1) is 35.3 Å². The molecule has 0 radical (unpaired) electrons. The van der Waals surface area contributed by atoms with Crippen LogP contribution in [0.5, 0.6) is 0 Å². The minimum atomic E-state index is 0. The monoisotopic (exact) mass is 472 g/mol. The molecule has 0 amide bonds. The zero-order chi connectivity index (χ0) is 17.6. The summed E-state index contributed by atoms with van der Waals surface area (Å²) in [7, 11) is 5.92. The van der Waals surface area contributed by atoms with Gasteiger partial charge < -0.3 is 15.5 Å². The van der Waals surface area contributed by atoms with Crippen LogP contribution in [0.1, 0.15) is 24.3 Å². The number of nitrogens with one attached hydrogen (secondary N) is 2. The van der Waals surface area contributed by atoms with Gasteiger partial charge >= 0.3 is 0 Å². The number of aliphatic imine (C=N–C) groups is 1. The highest BCUT2D eigenvalue weighted by atomic mass is 127. The molecular weight excluding hydrogens is 443 g/mol. The van der Waals surface area contributed by atoms with Crippen molar-refractivity contribution in [2.24, 2.45) is 4.99 Å². The summed E-state index contributed by atoms with van der Waals surface area (Å²) >= 11 is 1.80. The fraction of sp³-hybridized carbons (Fsp3) is 0.421. The Morgan fingerprint density at radius 3 is 2.52 bits per heavy atom. The lowest BCUT2D eigenvalue weighted by Gasteiger charge is -2.25. The van der Waals surface area contributed by atoms with Gasteiger partial charge in [0.15, 0.2) is 5.96 Å². The molecule has 6 heteroatoms. The Morgan fingerprint density at radius 1 is 1.16 bits per heavy atom. The van der Waals surface area contributed by atoms with Crippen molar-refractivity contribution in [3.05, 3.63) is 52.2 Å². The standard InChI is InChI=1S/C19H28N4S.HI/c1-19(2,17-10-7-11-24-17)14-22-18(20-3)21-13-15-8-6-9-16(12-15)23(4)5;/h6-12H,13-14H2,1-5H3,(H2,20,21,22);1H. The van der Waals surface area contributed by atoms with Crippen LogP contribution < -0.4 is 15.5 Å². The van der Waals surface area contributed by atoms with E-state index in [1.807, 2.05) is 7.05 Å². The van der Waals surface area contributed by atoms with E-state index < -0.39 is 0 Å². The van der Waals surface area contributed by atoms with Gasteiger partial charge in [-0.3, -0.25) is 4.99 Å². The lowest BCUT2D eigenvalue weighted by atomic mass is 9.91. The Hall–Kier alpha value is -1.28. The summed E-state index contributed by atoms with van der Waals surface area (Å²) in [5, 5.41) is 8.96. The second kappa shape index (κ2) is 10.0. The Bertz CT molecular complexity index is 666. The smallest absolute Gasteiger partial charge is 0.191 e. The Morgan fingerprint density at radius 2 is 1.92 bits per heavy atom. The molecule has 0 bridgehead atoms. The van der Waals surface area contributed by atoms with Gasteiger partial charge in [0, 0.05) is 50.2 Å². The quantitative estimate of drug-likeness (QED) is 0.378. The van der Waals surface area contributed by atoms with E-state index in [1.54, 1.807) is 11.3 Å². The highest BCUT2D eigenvalue weighted by Crippen LogP contribution is 2.26. The average molecular weight is 472 g/mol. The average Bonchev–Trinajstić information content (AvgIpc) is 3.10. The first-order valence-corrected chi connectivity index (χ1v) is 9.05. The molecule has 0 aliphatic rings. The Kier molecular flexibility index (Phi) is 8.71. The highest BCUT2D eigenvalue weighted by molar-refractivity contribution is 14.0. The van der Waals surface area contributed by atoms with Gasteiger partial charge in [0.1, 0.15) is 0 Å². The van der Waals surface area contributed by atoms with Crippen molar-refractivity contribution in [1.82, 2.24) is 10.6 Å². The summed E-state index contributed by atoms with van der Waals surface area (Å²) in [5.41, 5.74) is 2.52. The number of benzene rings is 1. The van der Waals surface area contributed by atoms with E-state index in [1.165, 1.54) is 16.1 Å². The summed E-state index contributed by atoms with van der Waals surface area (Å²) in [6, 6.07) is 12.8. The first-order valence-electron chi connectivity index (χ1n) is 8.17. The summed E-state index contributed by atoms with van der Waals surface area (Å²) in [6.07, 6.45) is 0. The van der Waals surface area contributed by atoms with Gasteiger partial charge in [0.2, 0.25) is 0 Å². The van der Waals surface area contributed by atoms with Gasteiger partial charge in [0.05, 0.1) is 0 Å². The molecule has 0 aliphatic carbocycles. The van der Waals surface area contributed by atoms with Crippen molar-refractivity contribution in [3.8, 4) is 0 Å². The van der Waals surface area contributed by atoms with E-state index >= 15 is 0 Å². The molecule has 0 fully saturated rings. The van der Waals surface area contributed by atoms with E-state index in [2.05, 4.69) is 90.2 Å². The largest absolute Gasteiger partial charge is 0.378 e. The van der Waals surface area contributed by atoms with Crippen LogP contribution in [0.25, 0.3) is 0 Å². The summed E-state index contributed by atoms with van der Waals surface area (Å²) < 4.78 is 0. The SMILES string of the molecule is CN=C(NCc1cccc(N(C)C)c1)NCC(C)(C)c1cccs1.I. The lowest BCUT2D eigenvalue weighted by Crippen LogP contribution is -2.42. The van der Waals surface area contributed by atoms with Gasteiger partial charge in [0.25, 0.3) is 0 Å². The molecule has 1 aromatic carbocycles. The van der Waals surface area contributed by atoms with Crippen molar-refractivity contribution in [3.63, 3.8) is 0 Å². The molecule has 0 unspecified atom stereocenters. The first-order chi connectivity index (χ1) is 11.4. The maximum Gasteiger partial charge on any atom is 0.191 e. The number of nitrogens with zero attached hydrogens (tertiary/aromatic N) is 2. The van der Waals surface area contributed by atoms with Gasteiger partial charge in [-0.25, -0.2) is 0 Å². The second-order valence-electron chi connectivity index (χ2n) is 6.70. The molecule has 0 spiro atoms. The zero-order valence-corrected chi connectivity index (χ0v) is 18.8. The molecule has 1 aromatic heterocycles. The fourth-order valence-corrected chi connectivity index (χ4v) is 3.26. The number of anilines is 1. The van der Waals surface area contributed by atoms with E-state index in [0.29, 0.717) is 0 Å². The van der Waals surface area contributed by atoms with Crippen LogP contribution in [-0.4, -0.2) is 33.6 Å².